The van der Waals surface area contributed by atoms with E-state index in [1.807, 2.05) is 36.1 Å². The molecule has 1 heterocycles. The number of likely N-dealkylation sites (tertiary alicyclic amines) is 1. The minimum Gasteiger partial charge on any atom is -0.383 e. The number of carbonyl (C=O) groups excluding carboxylic acids is 2. The van der Waals surface area contributed by atoms with Crippen LogP contribution in [0.15, 0.2) is 24.3 Å². The number of hydrogen-bond donors (Lipinski definition) is 1. The van der Waals surface area contributed by atoms with Gasteiger partial charge in [0.1, 0.15) is 0 Å². The lowest BCUT2D eigenvalue weighted by Gasteiger charge is -2.41. The zero-order chi connectivity index (χ0) is 20.5. The highest BCUT2D eigenvalue weighted by atomic mass is 16.5. The number of ether oxygens (including phenoxy) is 1. The molecular formula is C22H35N3O3. The summed E-state index contributed by atoms with van der Waals surface area (Å²) in [6.45, 7) is 10.7. The van der Waals surface area contributed by atoms with E-state index < -0.39 is 0 Å². The molecule has 156 valence electrons. The molecule has 1 aliphatic rings. The van der Waals surface area contributed by atoms with Crippen molar-refractivity contribution in [1.29, 1.82) is 0 Å². The van der Waals surface area contributed by atoms with Crippen molar-refractivity contribution in [1.82, 2.24) is 15.1 Å². The van der Waals surface area contributed by atoms with Crippen molar-refractivity contribution in [3.63, 3.8) is 0 Å². The summed E-state index contributed by atoms with van der Waals surface area (Å²) < 4.78 is 5.21. The van der Waals surface area contributed by atoms with Crippen LogP contribution in [0.5, 0.6) is 0 Å². The van der Waals surface area contributed by atoms with Crippen LogP contribution in [0.1, 0.15) is 43.9 Å². The third-order valence-corrected chi connectivity index (χ3v) is 5.62. The van der Waals surface area contributed by atoms with Crippen molar-refractivity contribution in [2.24, 2.45) is 5.92 Å². The zero-order valence-electron chi connectivity index (χ0n) is 17.7. The predicted octanol–water partition coefficient (Wildman–Crippen LogP) is 2.38. The summed E-state index contributed by atoms with van der Waals surface area (Å²) >= 11 is 0. The first kappa shape index (κ1) is 22.4. The van der Waals surface area contributed by atoms with Crippen molar-refractivity contribution < 1.29 is 14.3 Å². The van der Waals surface area contributed by atoms with E-state index in [0.717, 1.165) is 30.8 Å². The van der Waals surface area contributed by atoms with Crippen LogP contribution < -0.4 is 5.32 Å². The van der Waals surface area contributed by atoms with Gasteiger partial charge in [0, 0.05) is 33.2 Å². The highest BCUT2D eigenvalue weighted by molar-refractivity contribution is 5.85. The van der Waals surface area contributed by atoms with E-state index in [9.17, 15) is 9.59 Å². The first-order valence-corrected chi connectivity index (χ1v) is 10.4. The Kier molecular flexibility index (Phi) is 8.93. The average Bonchev–Trinajstić information content (AvgIpc) is 2.70. The zero-order valence-corrected chi connectivity index (χ0v) is 17.7. The molecule has 1 aromatic rings. The number of rotatable bonds is 10. The number of nitrogens with zero attached hydrogens (tertiary/aromatic N) is 2. The van der Waals surface area contributed by atoms with Gasteiger partial charge in [-0.15, -0.1) is 0 Å². The van der Waals surface area contributed by atoms with Gasteiger partial charge in [0.25, 0.3) is 0 Å². The first-order valence-electron chi connectivity index (χ1n) is 10.4. The Balaban J connectivity index is 2.17. The van der Waals surface area contributed by atoms with Gasteiger partial charge in [0.05, 0.1) is 18.6 Å². The average molecular weight is 390 g/mol. The van der Waals surface area contributed by atoms with E-state index in [2.05, 4.69) is 24.1 Å². The lowest BCUT2D eigenvalue weighted by atomic mass is 9.83. The lowest BCUT2D eigenvalue weighted by Crippen LogP contribution is -2.49. The van der Waals surface area contributed by atoms with Crippen LogP contribution in [-0.2, 0) is 14.3 Å². The van der Waals surface area contributed by atoms with Gasteiger partial charge in [-0.2, -0.15) is 0 Å². The smallest absolute Gasteiger partial charge is 0.225 e. The second-order valence-corrected chi connectivity index (χ2v) is 7.40. The maximum atomic E-state index is 13.0. The molecule has 0 bridgehead atoms. The summed E-state index contributed by atoms with van der Waals surface area (Å²) in [7, 11) is 1.63. The Bertz CT molecular complexity index is 628. The normalized spacial score (nSPS) is 19.9. The molecular weight excluding hydrogens is 354 g/mol. The van der Waals surface area contributed by atoms with E-state index >= 15 is 0 Å². The molecule has 1 aliphatic heterocycles. The van der Waals surface area contributed by atoms with Crippen LogP contribution in [0.3, 0.4) is 0 Å². The maximum Gasteiger partial charge on any atom is 0.225 e. The van der Waals surface area contributed by atoms with Crippen molar-refractivity contribution in [3.05, 3.63) is 35.4 Å². The largest absolute Gasteiger partial charge is 0.383 e. The number of methoxy groups -OCH3 is 1. The molecule has 0 saturated carbocycles. The Morgan fingerprint density at radius 1 is 1.25 bits per heavy atom. The summed E-state index contributed by atoms with van der Waals surface area (Å²) in [5.41, 5.74) is 2.17. The molecule has 0 spiro atoms. The number of benzene rings is 1. The quantitative estimate of drug-likeness (QED) is 0.667. The van der Waals surface area contributed by atoms with E-state index in [4.69, 9.17) is 4.74 Å². The van der Waals surface area contributed by atoms with Gasteiger partial charge >= 0.3 is 0 Å². The molecule has 1 aromatic carbocycles. The number of aryl methyl sites for hydroxylation is 1. The van der Waals surface area contributed by atoms with Crippen molar-refractivity contribution in [3.8, 4) is 0 Å². The van der Waals surface area contributed by atoms with Gasteiger partial charge in [-0.3, -0.25) is 9.59 Å². The molecule has 1 N–H and O–H groups in total. The fourth-order valence-electron chi connectivity index (χ4n) is 3.86. The van der Waals surface area contributed by atoms with Gasteiger partial charge in [-0.1, -0.05) is 43.7 Å². The fraction of sp³-hybridized carbons (Fsp3) is 0.636. The topological polar surface area (TPSA) is 61.9 Å². The predicted molar refractivity (Wildman–Crippen MR) is 111 cm³/mol. The first-order chi connectivity index (χ1) is 13.5. The Morgan fingerprint density at radius 2 is 1.93 bits per heavy atom. The number of nitrogens with one attached hydrogen (secondary N) is 1. The minimum absolute atomic E-state index is 0.0349. The van der Waals surface area contributed by atoms with E-state index in [0.29, 0.717) is 32.5 Å². The standard InChI is InChI=1S/C22H35N3O3/c1-5-24(6-2)14-13-23-22(27)19-11-12-20(26)25(15-16-28-4)21(19)18-9-7-17(3)8-10-18/h7-10,19,21H,5-6,11-16H2,1-4H3,(H,23,27)/t19-,21-/m1/s1. The highest BCUT2D eigenvalue weighted by Crippen LogP contribution is 2.36. The van der Waals surface area contributed by atoms with Crippen LogP contribution in [0.2, 0.25) is 0 Å². The Morgan fingerprint density at radius 3 is 2.54 bits per heavy atom. The summed E-state index contributed by atoms with van der Waals surface area (Å²) in [5.74, 6) is -0.114. The molecule has 6 heteroatoms. The van der Waals surface area contributed by atoms with Crippen LogP contribution in [0, 0.1) is 12.8 Å². The number of amides is 2. The van der Waals surface area contributed by atoms with Crippen molar-refractivity contribution >= 4 is 11.8 Å². The molecule has 28 heavy (non-hydrogen) atoms. The minimum atomic E-state index is -0.245. The number of hydrogen-bond acceptors (Lipinski definition) is 4. The molecule has 0 aliphatic carbocycles. The molecule has 2 rings (SSSR count). The highest BCUT2D eigenvalue weighted by Gasteiger charge is 2.40. The van der Waals surface area contributed by atoms with Gasteiger partial charge in [-0.25, -0.2) is 0 Å². The van der Waals surface area contributed by atoms with E-state index in [-0.39, 0.29) is 23.8 Å². The monoisotopic (exact) mass is 389 g/mol. The molecule has 0 radical (unpaired) electrons. The van der Waals surface area contributed by atoms with Gasteiger partial charge in [0.2, 0.25) is 11.8 Å². The number of carbonyl (C=O) groups is 2. The second-order valence-electron chi connectivity index (χ2n) is 7.40. The van der Waals surface area contributed by atoms with Crippen molar-refractivity contribution in [2.45, 2.75) is 39.7 Å². The summed E-state index contributed by atoms with van der Waals surface area (Å²) in [4.78, 5) is 29.8. The van der Waals surface area contributed by atoms with Crippen LogP contribution >= 0.6 is 0 Å². The third-order valence-electron chi connectivity index (χ3n) is 5.62. The Labute approximate surface area is 169 Å². The van der Waals surface area contributed by atoms with Gasteiger partial charge in [0.15, 0.2) is 0 Å². The van der Waals surface area contributed by atoms with E-state index in [1.54, 1.807) is 7.11 Å². The molecule has 0 unspecified atom stereocenters. The van der Waals surface area contributed by atoms with Crippen LogP contribution in [-0.4, -0.2) is 68.1 Å². The summed E-state index contributed by atoms with van der Waals surface area (Å²) in [6, 6.07) is 7.91. The van der Waals surface area contributed by atoms with E-state index in [1.165, 1.54) is 0 Å². The maximum absolute atomic E-state index is 13.0. The van der Waals surface area contributed by atoms with Crippen molar-refractivity contribution in [2.75, 3.05) is 46.4 Å². The summed E-state index contributed by atoms with van der Waals surface area (Å²) in [6.07, 6.45) is 0.984. The molecule has 1 saturated heterocycles. The summed E-state index contributed by atoms with van der Waals surface area (Å²) in [5, 5.41) is 3.10. The molecule has 0 aromatic heterocycles. The lowest BCUT2D eigenvalue weighted by molar-refractivity contribution is -0.144. The number of likely N-dealkylation sites (N-methyl/N-ethyl adjacent to an activating group) is 1. The van der Waals surface area contributed by atoms with Crippen LogP contribution in [0.4, 0.5) is 0 Å². The van der Waals surface area contributed by atoms with Gasteiger partial charge in [-0.05, 0) is 32.0 Å². The van der Waals surface area contributed by atoms with Gasteiger partial charge < -0.3 is 19.9 Å². The Hall–Kier alpha value is -1.92. The molecule has 2 atom stereocenters. The molecule has 1 fully saturated rings. The molecule has 2 amide bonds. The van der Waals surface area contributed by atoms with Crippen LogP contribution in [0.25, 0.3) is 0 Å². The fourth-order valence-corrected chi connectivity index (χ4v) is 3.86. The second kappa shape index (κ2) is 11.2. The third kappa shape index (κ3) is 5.79. The SMILES string of the molecule is CCN(CC)CCNC(=O)[C@@H]1CCC(=O)N(CCOC)[C@@H]1c1ccc(C)cc1. The molecule has 6 nitrogen and oxygen atoms in total. The number of piperidine rings is 1.